The van der Waals surface area contributed by atoms with Gasteiger partial charge in [0.05, 0.1) is 18.1 Å². The fraction of sp³-hybridized carbons (Fsp3) is 0.0625. The Morgan fingerprint density at radius 3 is 2.43 bits per heavy atom. The van der Waals surface area contributed by atoms with Crippen LogP contribution in [0.15, 0.2) is 53.2 Å². The van der Waals surface area contributed by atoms with E-state index in [4.69, 9.17) is 9.68 Å². The molecule has 23 heavy (non-hydrogen) atoms. The maximum Gasteiger partial charge on any atom is 0.299 e. The molecule has 3 aromatic rings. The van der Waals surface area contributed by atoms with E-state index in [9.17, 15) is 8.78 Å². The van der Waals surface area contributed by atoms with Crippen LogP contribution in [0.25, 0.3) is 11.3 Å². The summed E-state index contributed by atoms with van der Waals surface area (Å²) in [5.41, 5.74) is 1.52. The maximum absolute atomic E-state index is 12.5. The summed E-state index contributed by atoms with van der Waals surface area (Å²) in [6.45, 7) is 0. The van der Waals surface area contributed by atoms with Gasteiger partial charge in [0.1, 0.15) is 11.8 Å². The molecule has 5 nitrogen and oxygen atoms in total. The van der Waals surface area contributed by atoms with Gasteiger partial charge in [-0.2, -0.15) is 5.26 Å². The van der Waals surface area contributed by atoms with E-state index in [-0.39, 0.29) is 11.6 Å². The lowest BCUT2D eigenvalue weighted by Gasteiger charge is -2.02. The minimum absolute atomic E-state index is 0.0460. The lowest BCUT2D eigenvalue weighted by atomic mass is 10.1. The van der Waals surface area contributed by atoms with Gasteiger partial charge in [0.2, 0.25) is 0 Å². The number of rotatable bonds is 4. The number of hydrogen-bond donors (Lipinski definition) is 1. The summed E-state index contributed by atoms with van der Waals surface area (Å²) in [5, 5.41) is 11.6. The van der Waals surface area contributed by atoms with Crippen molar-refractivity contribution in [2.75, 3.05) is 5.32 Å². The van der Waals surface area contributed by atoms with Gasteiger partial charge in [-0.25, -0.2) is 18.7 Å². The van der Waals surface area contributed by atoms with E-state index in [1.165, 1.54) is 24.5 Å². The van der Waals surface area contributed by atoms with Crippen molar-refractivity contribution in [1.82, 2.24) is 9.97 Å². The molecule has 7 heteroatoms. The highest BCUT2D eigenvalue weighted by Crippen LogP contribution is 2.26. The summed E-state index contributed by atoms with van der Waals surface area (Å²) in [6, 6.07) is 11.2. The van der Waals surface area contributed by atoms with Crippen LogP contribution in [0.4, 0.5) is 20.5 Å². The van der Waals surface area contributed by atoms with Crippen LogP contribution in [-0.2, 0) is 0 Å². The van der Waals surface area contributed by atoms with Crippen molar-refractivity contribution in [3.63, 3.8) is 0 Å². The summed E-state index contributed by atoms with van der Waals surface area (Å²) >= 11 is 0. The van der Waals surface area contributed by atoms with E-state index in [1.807, 2.05) is 6.07 Å². The van der Waals surface area contributed by atoms with Crippen LogP contribution in [-0.4, -0.2) is 9.97 Å². The monoisotopic (exact) mass is 312 g/mol. The van der Waals surface area contributed by atoms with Gasteiger partial charge in [-0.1, -0.05) is 24.3 Å². The van der Waals surface area contributed by atoms with Gasteiger partial charge in [-0.15, -0.1) is 0 Å². The number of aromatic nitrogens is 2. The van der Waals surface area contributed by atoms with Crippen molar-refractivity contribution in [2.45, 2.75) is 6.43 Å². The second-order valence-corrected chi connectivity index (χ2v) is 4.62. The topological polar surface area (TPSA) is 74.7 Å². The van der Waals surface area contributed by atoms with Crippen molar-refractivity contribution in [2.24, 2.45) is 0 Å². The predicted octanol–water partition coefficient (Wildman–Crippen LogP) is 4.29. The van der Waals surface area contributed by atoms with Crippen LogP contribution < -0.4 is 5.32 Å². The summed E-state index contributed by atoms with van der Waals surface area (Å²) in [7, 11) is 0. The molecule has 0 atom stereocenters. The Hall–Kier alpha value is -3.27. The lowest BCUT2D eigenvalue weighted by Crippen LogP contribution is -1.91. The molecule has 114 valence electrons. The molecule has 0 fully saturated rings. The average molecular weight is 312 g/mol. The first-order chi connectivity index (χ1) is 11.2. The van der Waals surface area contributed by atoms with Gasteiger partial charge in [-0.3, -0.25) is 0 Å². The van der Waals surface area contributed by atoms with E-state index in [0.29, 0.717) is 22.7 Å². The number of nitrogens with zero attached hydrogens (tertiary/aromatic N) is 3. The van der Waals surface area contributed by atoms with Crippen LogP contribution >= 0.6 is 0 Å². The van der Waals surface area contributed by atoms with Crippen LogP contribution in [0.5, 0.6) is 0 Å². The van der Waals surface area contributed by atoms with Gasteiger partial charge in [0, 0.05) is 11.1 Å². The van der Waals surface area contributed by atoms with Crippen molar-refractivity contribution >= 4 is 11.7 Å². The Morgan fingerprint density at radius 2 is 1.83 bits per heavy atom. The number of halogens is 2. The number of pyridine rings is 1. The van der Waals surface area contributed by atoms with Crippen molar-refractivity contribution in [3.05, 3.63) is 60.0 Å². The minimum Gasteiger partial charge on any atom is -0.423 e. The number of hydrogen-bond acceptors (Lipinski definition) is 5. The molecule has 3 rings (SSSR count). The van der Waals surface area contributed by atoms with Crippen LogP contribution in [0.1, 0.15) is 17.7 Å². The lowest BCUT2D eigenvalue weighted by molar-refractivity contribution is 0.151. The molecule has 0 saturated heterocycles. The molecule has 2 aromatic heterocycles. The van der Waals surface area contributed by atoms with Crippen molar-refractivity contribution in [3.8, 4) is 17.4 Å². The molecule has 0 bridgehead atoms. The van der Waals surface area contributed by atoms with E-state index in [2.05, 4.69) is 15.3 Å². The van der Waals surface area contributed by atoms with Crippen LogP contribution in [0, 0.1) is 11.3 Å². The molecule has 0 aliphatic heterocycles. The molecule has 0 radical (unpaired) electrons. The number of nitrogens with one attached hydrogen (secondary N) is 1. The Morgan fingerprint density at radius 1 is 1.04 bits per heavy atom. The first-order valence-corrected chi connectivity index (χ1v) is 6.63. The molecule has 0 unspecified atom stereocenters. The summed E-state index contributed by atoms with van der Waals surface area (Å²) in [5.74, 6) is 0.454. The number of alkyl halides is 2. The molecule has 1 N–H and O–H groups in total. The van der Waals surface area contributed by atoms with Gasteiger partial charge < -0.3 is 9.73 Å². The van der Waals surface area contributed by atoms with Crippen LogP contribution in [0.2, 0.25) is 0 Å². The highest BCUT2D eigenvalue weighted by atomic mass is 19.3. The van der Waals surface area contributed by atoms with E-state index < -0.39 is 6.43 Å². The maximum atomic E-state index is 12.5. The zero-order valence-electron chi connectivity index (χ0n) is 11.7. The smallest absolute Gasteiger partial charge is 0.299 e. The third-order valence-corrected chi connectivity index (χ3v) is 3.08. The van der Waals surface area contributed by atoms with Gasteiger partial charge in [0.15, 0.2) is 5.76 Å². The zero-order valence-corrected chi connectivity index (χ0v) is 11.7. The molecule has 2 heterocycles. The second-order valence-electron chi connectivity index (χ2n) is 4.62. The normalized spacial score (nSPS) is 10.5. The average Bonchev–Trinajstić information content (AvgIpc) is 3.04. The Balaban J connectivity index is 1.75. The summed E-state index contributed by atoms with van der Waals surface area (Å²) in [4.78, 5) is 7.99. The highest BCUT2D eigenvalue weighted by molar-refractivity contribution is 5.59. The molecule has 0 aliphatic rings. The predicted molar refractivity (Wildman–Crippen MR) is 79.1 cm³/mol. The largest absolute Gasteiger partial charge is 0.423 e. The standard InChI is InChI=1S/C16H10F2N4O/c17-15(18)11-3-1-10(2-4-11)14-9-21-16(23-14)22-13-6-5-12(7-19)20-8-13/h1-6,8-9,15H,(H,21,22). The van der Waals surface area contributed by atoms with Crippen LogP contribution in [0.3, 0.4) is 0 Å². The first-order valence-electron chi connectivity index (χ1n) is 6.63. The fourth-order valence-electron chi connectivity index (χ4n) is 1.92. The SMILES string of the molecule is N#Cc1ccc(Nc2ncc(-c3ccc(C(F)F)cc3)o2)cn1. The van der Waals surface area contributed by atoms with Gasteiger partial charge in [-0.05, 0) is 12.1 Å². The molecular formula is C16H10F2N4O. The molecule has 0 aliphatic carbocycles. The van der Waals surface area contributed by atoms with Gasteiger partial charge >= 0.3 is 0 Å². The molecule has 0 amide bonds. The van der Waals surface area contributed by atoms with E-state index >= 15 is 0 Å². The first kappa shape index (κ1) is 14.7. The Kier molecular flexibility index (Phi) is 3.97. The molecule has 0 spiro atoms. The highest BCUT2D eigenvalue weighted by Gasteiger charge is 2.10. The number of benzene rings is 1. The zero-order chi connectivity index (χ0) is 16.2. The minimum atomic E-state index is -2.50. The third kappa shape index (κ3) is 3.32. The number of nitriles is 1. The molecular weight excluding hydrogens is 302 g/mol. The molecule has 1 aromatic carbocycles. The summed E-state index contributed by atoms with van der Waals surface area (Å²) < 4.78 is 30.6. The quantitative estimate of drug-likeness (QED) is 0.778. The van der Waals surface area contributed by atoms with Gasteiger partial charge in [0.25, 0.3) is 12.4 Å². The Bertz CT molecular complexity index is 836. The van der Waals surface area contributed by atoms with Crippen molar-refractivity contribution in [1.29, 1.82) is 5.26 Å². The van der Waals surface area contributed by atoms with Crippen molar-refractivity contribution < 1.29 is 13.2 Å². The fourth-order valence-corrected chi connectivity index (χ4v) is 1.92. The summed E-state index contributed by atoms with van der Waals surface area (Å²) in [6.07, 6.45) is 0.483. The number of oxazole rings is 1. The third-order valence-electron chi connectivity index (χ3n) is 3.08. The Labute approximate surface area is 130 Å². The molecule has 0 saturated carbocycles. The number of anilines is 2. The second kappa shape index (κ2) is 6.23. The van der Waals surface area contributed by atoms with E-state index in [1.54, 1.807) is 24.3 Å². The van der Waals surface area contributed by atoms with E-state index in [0.717, 1.165) is 0 Å².